The normalized spacial score (nSPS) is 11.2. The number of anilines is 1. The molecule has 0 bridgehead atoms. The number of pyridine rings is 1. The summed E-state index contributed by atoms with van der Waals surface area (Å²) in [5, 5.41) is 8.79. The minimum Gasteiger partial charge on any atom is -0.444 e. The van der Waals surface area contributed by atoms with E-state index in [2.05, 4.69) is 25.6 Å². The number of carbonyl (C=O) groups excluding carboxylic acids is 2. The van der Waals surface area contributed by atoms with E-state index in [-0.39, 0.29) is 25.5 Å². The van der Waals surface area contributed by atoms with Gasteiger partial charge in [-0.1, -0.05) is 5.11 Å². The maximum atomic E-state index is 12.0. The van der Waals surface area contributed by atoms with Gasteiger partial charge in [-0.25, -0.2) is 4.79 Å². The number of alkyl carbamates (subject to hydrolysis) is 1. The van der Waals surface area contributed by atoms with Gasteiger partial charge in [0.25, 0.3) is 0 Å². The first kappa shape index (κ1) is 41.9. The summed E-state index contributed by atoms with van der Waals surface area (Å²) in [4.78, 5) is 30.2. The van der Waals surface area contributed by atoms with Crippen molar-refractivity contribution in [1.82, 2.24) is 10.3 Å². The van der Waals surface area contributed by atoms with Gasteiger partial charge in [0.2, 0.25) is 5.91 Å². The second-order valence-electron chi connectivity index (χ2n) is 10.6. The maximum Gasteiger partial charge on any atom is 0.407 e. The van der Waals surface area contributed by atoms with E-state index in [4.69, 9.17) is 48.2 Å². The predicted molar refractivity (Wildman–Crippen MR) is 171 cm³/mol. The zero-order valence-electron chi connectivity index (χ0n) is 27.9. The summed E-state index contributed by atoms with van der Waals surface area (Å²) >= 11 is 0. The van der Waals surface area contributed by atoms with Gasteiger partial charge in [-0.05, 0) is 38.4 Å². The van der Waals surface area contributed by atoms with Crippen LogP contribution in [-0.2, 0) is 54.0 Å². The van der Waals surface area contributed by atoms with Gasteiger partial charge in [0.15, 0.2) is 0 Å². The van der Waals surface area contributed by atoms with Crippen molar-refractivity contribution in [2.45, 2.75) is 39.3 Å². The lowest BCUT2D eigenvalue weighted by molar-refractivity contribution is -0.117. The molecule has 0 spiro atoms. The molecule has 0 radical (unpaired) electrons. The minimum absolute atomic E-state index is 0.162. The van der Waals surface area contributed by atoms with Gasteiger partial charge >= 0.3 is 6.09 Å². The maximum absolute atomic E-state index is 12.0. The van der Waals surface area contributed by atoms with Crippen LogP contribution < -0.4 is 10.6 Å². The lowest BCUT2D eigenvalue weighted by Crippen LogP contribution is -2.34. The zero-order chi connectivity index (χ0) is 34.3. The Morgan fingerprint density at radius 1 is 0.723 bits per heavy atom. The van der Waals surface area contributed by atoms with Crippen LogP contribution in [0.4, 0.5) is 10.5 Å². The largest absolute Gasteiger partial charge is 0.444 e. The molecule has 0 aromatic carbocycles. The Labute approximate surface area is 276 Å². The molecule has 1 heterocycles. The Morgan fingerprint density at radius 3 is 1.57 bits per heavy atom. The van der Waals surface area contributed by atoms with Gasteiger partial charge < -0.3 is 53.3 Å². The predicted octanol–water partition coefficient (Wildman–Crippen LogP) is 2.88. The molecule has 268 valence electrons. The van der Waals surface area contributed by atoms with Gasteiger partial charge in [-0.3, -0.25) is 9.78 Å². The molecule has 0 unspecified atom stereocenters. The molecule has 1 rings (SSSR count). The Bertz CT molecular complexity index is 976. The number of nitrogens with zero attached hydrogens (tertiary/aromatic N) is 4. The highest BCUT2D eigenvalue weighted by atomic mass is 16.6. The van der Waals surface area contributed by atoms with Crippen LogP contribution in [-0.4, -0.2) is 135 Å². The summed E-state index contributed by atoms with van der Waals surface area (Å²) in [5.41, 5.74) is 8.98. The third kappa shape index (κ3) is 28.8. The number of rotatable bonds is 30. The average molecular weight is 673 g/mol. The Kier molecular flexibility index (Phi) is 25.9. The monoisotopic (exact) mass is 672 g/mol. The molecule has 0 saturated heterocycles. The van der Waals surface area contributed by atoms with Crippen LogP contribution in [0.2, 0.25) is 0 Å². The number of aromatic nitrogens is 1. The molecule has 1 aromatic rings. The molecular formula is C30H52N6O11. The Hall–Kier alpha value is -3.12. The van der Waals surface area contributed by atoms with E-state index in [1.807, 2.05) is 20.8 Å². The van der Waals surface area contributed by atoms with Crippen LogP contribution >= 0.6 is 0 Å². The molecule has 17 nitrogen and oxygen atoms in total. The van der Waals surface area contributed by atoms with Crippen molar-refractivity contribution >= 4 is 17.7 Å². The number of azide groups is 1. The minimum atomic E-state index is -0.519. The number of carbonyl (C=O) groups is 2. The molecule has 0 aliphatic carbocycles. The molecule has 0 saturated carbocycles. The number of ether oxygens (including phenoxy) is 9. The third-order valence-electron chi connectivity index (χ3n) is 5.40. The van der Waals surface area contributed by atoms with Gasteiger partial charge in [0.05, 0.1) is 131 Å². The molecule has 47 heavy (non-hydrogen) atoms. The Morgan fingerprint density at radius 2 is 1.17 bits per heavy atom. The lowest BCUT2D eigenvalue weighted by Gasteiger charge is -2.19. The van der Waals surface area contributed by atoms with Crippen molar-refractivity contribution in [3.8, 4) is 0 Å². The summed E-state index contributed by atoms with van der Waals surface area (Å²) in [7, 11) is 0. The molecular weight excluding hydrogens is 620 g/mol. The molecule has 0 atom stereocenters. The fourth-order valence-corrected chi connectivity index (χ4v) is 3.27. The van der Waals surface area contributed by atoms with Gasteiger partial charge in [-0.2, -0.15) is 0 Å². The topological polar surface area (TPSA) is 203 Å². The van der Waals surface area contributed by atoms with Crippen LogP contribution in [0, 0.1) is 0 Å². The summed E-state index contributed by atoms with van der Waals surface area (Å²) in [6.45, 7) is 12.9. The van der Waals surface area contributed by atoms with Crippen LogP contribution in [0.3, 0.4) is 0 Å². The SMILES string of the molecule is CC(C)(C)OC(=O)NCCOCCOCCOCCOCCOCCOCCOCCOCCC(=O)Nc1ccc(CN=[N+]=[N-])nc1. The number of nitrogens with one attached hydrogen (secondary N) is 2. The smallest absolute Gasteiger partial charge is 0.407 e. The molecule has 2 amide bonds. The van der Waals surface area contributed by atoms with E-state index in [1.54, 1.807) is 12.1 Å². The molecule has 0 aliphatic rings. The van der Waals surface area contributed by atoms with Crippen molar-refractivity contribution in [2.24, 2.45) is 5.11 Å². The third-order valence-corrected chi connectivity index (χ3v) is 5.40. The fourth-order valence-electron chi connectivity index (χ4n) is 3.27. The quantitative estimate of drug-likeness (QED) is 0.0524. The molecule has 2 N–H and O–H groups in total. The Balaban J connectivity index is 1.73. The molecule has 17 heteroatoms. The fraction of sp³-hybridized carbons (Fsp3) is 0.767. The van der Waals surface area contributed by atoms with Gasteiger partial charge in [-0.15, -0.1) is 0 Å². The van der Waals surface area contributed by atoms with E-state index >= 15 is 0 Å². The highest BCUT2D eigenvalue weighted by Crippen LogP contribution is 2.08. The number of amides is 2. The van der Waals surface area contributed by atoms with Crippen molar-refractivity contribution in [1.29, 1.82) is 0 Å². The first-order valence-electron chi connectivity index (χ1n) is 15.6. The highest BCUT2D eigenvalue weighted by Gasteiger charge is 2.15. The zero-order valence-corrected chi connectivity index (χ0v) is 27.9. The van der Waals surface area contributed by atoms with Crippen LogP contribution in [0.5, 0.6) is 0 Å². The van der Waals surface area contributed by atoms with E-state index in [0.717, 1.165) is 0 Å². The van der Waals surface area contributed by atoms with Crippen LogP contribution in [0.15, 0.2) is 23.4 Å². The number of hydrogen-bond acceptors (Lipinski definition) is 13. The van der Waals surface area contributed by atoms with Crippen molar-refractivity contribution < 1.29 is 52.2 Å². The number of hydrogen-bond donors (Lipinski definition) is 2. The van der Waals surface area contributed by atoms with Crippen molar-refractivity contribution in [2.75, 3.05) is 118 Å². The second-order valence-corrected chi connectivity index (χ2v) is 10.6. The first-order chi connectivity index (χ1) is 22.8. The van der Waals surface area contributed by atoms with Crippen molar-refractivity contribution in [3.63, 3.8) is 0 Å². The lowest BCUT2D eigenvalue weighted by atomic mass is 10.2. The molecule has 0 aliphatic heterocycles. The van der Waals surface area contributed by atoms with E-state index in [9.17, 15) is 9.59 Å². The molecule has 1 aromatic heterocycles. The van der Waals surface area contributed by atoms with Crippen molar-refractivity contribution in [3.05, 3.63) is 34.5 Å². The van der Waals surface area contributed by atoms with E-state index in [1.165, 1.54) is 6.20 Å². The second kappa shape index (κ2) is 29.1. The summed E-state index contributed by atoms with van der Waals surface area (Å²) < 4.78 is 48.6. The summed E-state index contributed by atoms with van der Waals surface area (Å²) in [6, 6.07) is 3.38. The van der Waals surface area contributed by atoms with E-state index < -0.39 is 11.7 Å². The highest BCUT2D eigenvalue weighted by molar-refractivity contribution is 5.90. The van der Waals surface area contributed by atoms with Crippen LogP contribution in [0.1, 0.15) is 32.9 Å². The molecule has 0 fully saturated rings. The average Bonchev–Trinajstić information content (AvgIpc) is 3.03. The standard InChI is InChI=1S/C30H52N6O11/c1-30(2,3)47-29(38)32-7-9-40-11-13-42-15-17-44-19-21-46-23-22-45-20-18-43-16-14-41-12-10-39-8-6-28(37)35-27-5-4-26(33-24-27)25-34-36-31/h4-5,24H,6-23,25H2,1-3H3,(H,32,38)(H,35,37). The van der Waals surface area contributed by atoms with Crippen LogP contribution in [0.25, 0.3) is 10.4 Å². The van der Waals surface area contributed by atoms with Gasteiger partial charge in [0, 0.05) is 17.2 Å². The van der Waals surface area contributed by atoms with Gasteiger partial charge in [0.1, 0.15) is 5.60 Å². The summed E-state index contributed by atoms with van der Waals surface area (Å²) in [6.07, 6.45) is 1.26. The first-order valence-corrected chi connectivity index (χ1v) is 15.6. The van der Waals surface area contributed by atoms with E-state index in [0.29, 0.717) is 117 Å². The summed E-state index contributed by atoms with van der Waals surface area (Å²) in [5.74, 6) is -0.187.